The number of aromatic nitrogens is 1. The fraction of sp³-hybridized carbons (Fsp3) is 0.250. The molecule has 110 valence electrons. The van der Waals surface area contributed by atoms with E-state index in [2.05, 4.69) is 4.99 Å². The summed E-state index contributed by atoms with van der Waals surface area (Å²) >= 11 is 0. The van der Waals surface area contributed by atoms with Crippen molar-refractivity contribution in [2.45, 2.75) is 19.9 Å². The molecule has 0 bridgehead atoms. The van der Waals surface area contributed by atoms with Gasteiger partial charge >= 0.3 is 0 Å². The zero-order valence-corrected chi connectivity index (χ0v) is 12.0. The van der Waals surface area contributed by atoms with Crippen LogP contribution in [0, 0.1) is 5.82 Å². The first-order valence-electron chi connectivity index (χ1n) is 6.69. The normalized spacial score (nSPS) is 11.7. The molecular weight excluding hydrogens is 271 g/mol. The van der Waals surface area contributed by atoms with Gasteiger partial charge in [0.2, 0.25) is 0 Å². The number of halogens is 1. The number of pyridine rings is 1. The highest BCUT2D eigenvalue weighted by molar-refractivity contribution is 5.80. The molecule has 1 heterocycles. The Morgan fingerprint density at radius 2 is 1.95 bits per heavy atom. The lowest BCUT2D eigenvalue weighted by Crippen LogP contribution is -2.31. The van der Waals surface area contributed by atoms with Crippen molar-refractivity contribution in [1.82, 2.24) is 4.57 Å². The molecule has 1 aromatic carbocycles. The molecule has 0 aliphatic rings. The van der Waals surface area contributed by atoms with Gasteiger partial charge < -0.3 is 4.74 Å². The van der Waals surface area contributed by atoms with Crippen LogP contribution in [-0.4, -0.2) is 23.1 Å². The van der Waals surface area contributed by atoms with E-state index >= 15 is 0 Å². The van der Waals surface area contributed by atoms with Crippen molar-refractivity contribution in [3.05, 3.63) is 60.0 Å². The van der Waals surface area contributed by atoms with Gasteiger partial charge in [-0.05, 0) is 50.2 Å². The summed E-state index contributed by atoms with van der Waals surface area (Å²) in [7, 11) is 0. The lowest BCUT2D eigenvalue weighted by Gasteiger charge is -2.08. The van der Waals surface area contributed by atoms with Crippen LogP contribution in [0.2, 0.25) is 0 Å². The van der Waals surface area contributed by atoms with Crippen molar-refractivity contribution in [3.63, 3.8) is 0 Å². The Hall–Kier alpha value is -2.43. The Morgan fingerprint density at radius 3 is 2.62 bits per heavy atom. The number of benzene rings is 1. The van der Waals surface area contributed by atoms with Crippen molar-refractivity contribution in [1.29, 1.82) is 0 Å². The molecule has 0 atom stereocenters. The number of rotatable bonds is 4. The van der Waals surface area contributed by atoms with Crippen LogP contribution < -0.4 is 10.2 Å². The number of nitrogens with zero attached hydrogens (tertiary/aromatic N) is 2. The number of carbonyl (C=O) groups is 1. The second kappa shape index (κ2) is 6.83. The second-order valence-corrected chi connectivity index (χ2v) is 4.79. The van der Waals surface area contributed by atoms with Gasteiger partial charge in [0.05, 0.1) is 0 Å². The van der Waals surface area contributed by atoms with Crippen LogP contribution in [0.4, 0.5) is 4.39 Å². The molecule has 4 nitrogen and oxygen atoms in total. The van der Waals surface area contributed by atoms with Gasteiger partial charge in [0, 0.05) is 12.2 Å². The molecule has 2 rings (SSSR count). The molecule has 0 aliphatic carbocycles. The maximum Gasteiger partial charge on any atom is 0.270 e. The summed E-state index contributed by atoms with van der Waals surface area (Å²) in [6.07, 6.45) is 1.65. The summed E-state index contributed by atoms with van der Waals surface area (Å²) in [5.41, 5.74) is 0.584. The van der Waals surface area contributed by atoms with E-state index in [1.165, 1.54) is 28.8 Å². The Bertz CT molecular complexity index is 675. The predicted octanol–water partition coefficient (Wildman–Crippen LogP) is 2.66. The highest BCUT2D eigenvalue weighted by Gasteiger charge is 2.07. The minimum absolute atomic E-state index is 0.0875. The highest BCUT2D eigenvalue weighted by atomic mass is 19.1. The fourth-order valence-electron chi connectivity index (χ4n) is 1.76. The molecule has 0 radical (unpaired) electrons. The fourth-order valence-corrected chi connectivity index (χ4v) is 1.76. The number of ether oxygens (including phenoxy) is 1. The monoisotopic (exact) mass is 288 g/mol. The van der Waals surface area contributed by atoms with Gasteiger partial charge in [-0.15, -0.1) is 0 Å². The average Bonchev–Trinajstić information content (AvgIpc) is 2.46. The van der Waals surface area contributed by atoms with Crippen molar-refractivity contribution >= 4 is 5.91 Å². The van der Waals surface area contributed by atoms with Gasteiger partial charge in [-0.3, -0.25) is 14.4 Å². The SMILES string of the molecule is CC(C)N=c1ccccn1C(=O)COc1ccc(F)cc1. The molecule has 0 saturated carbocycles. The molecule has 5 heteroatoms. The van der Waals surface area contributed by atoms with Gasteiger partial charge in [-0.2, -0.15) is 0 Å². The van der Waals surface area contributed by atoms with Crippen LogP contribution in [0.1, 0.15) is 18.6 Å². The molecule has 2 aromatic rings. The summed E-state index contributed by atoms with van der Waals surface area (Å²) in [6, 6.07) is 11.0. The standard InChI is InChI=1S/C16H17FN2O2/c1-12(2)18-15-5-3-4-10-19(15)16(20)11-21-14-8-6-13(17)7-9-14/h3-10,12H,11H2,1-2H3. The summed E-state index contributed by atoms with van der Waals surface area (Å²) < 4.78 is 19.6. The van der Waals surface area contributed by atoms with Crippen LogP contribution >= 0.6 is 0 Å². The summed E-state index contributed by atoms with van der Waals surface area (Å²) in [5.74, 6) is -0.132. The highest BCUT2D eigenvalue weighted by Crippen LogP contribution is 2.10. The van der Waals surface area contributed by atoms with Gasteiger partial charge in [0.25, 0.3) is 5.91 Å². The average molecular weight is 288 g/mol. The van der Waals surface area contributed by atoms with Crippen molar-refractivity contribution in [3.8, 4) is 5.75 Å². The van der Waals surface area contributed by atoms with Crippen LogP contribution in [0.15, 0.2) is 53.7 Å². The van der Waals surface area contributed by atoms with E-state index in [0.717, 1.165) is 0 Å². The molecule has 0 spiro atoms. The van der Waals surface area contributed by atoms with Gasteiger partial charge in [0.15, 0.2) is 6.61 Å². The maximum absolute atomic E-state index is 12.8. The Kier molecular flexibility index (Phi) is 4.87. The molecule has 0 unspecified atom stereocenters. The lowest BCUT2D eigenvalue weighted by atomic mass is 10.3. The van der Waals surface area contributed by atoms with E-state index < -0.39 is 0 Å². The first-order chi connectivity index (χ1) is 10.1. The third-order valence-corrected chi connectivity index (χ3v) is 2.67. The molecule has 0 amide bonds. The van der Waals surface area contributed by atoms with E-state index in [0.29, 0.717) is 11.2 Å². The molecule has 0 fully saturated rings. The summed E-state index contributed by atoms with van der Waals surface area (Å²) in [5, 5.41) is 0. The zero-order valence-electron chi connectivity index (χ0n) is 12.0. The lowest BCUT2D eigenvalue weighted by molar-refractivity contribution is 0.0831. The van der Waals surface area contributed by atoms with Crippen LogP contribution in [0.5, 0.6) is 5.75 Å². The van der Waals surface area contributed by atoms with E-state index in [1.807, 2.05) is 19.9 Å². The molecule has 0 N–H and O–H groups in total. The van der Waals surface area contributed by atoms with E-state index in [-0.39, 0.29) is 24.4 Å². The molecule has 21 heavy (non-hydrogen) atoms. The van der Waals surface area contributed by atoms with E-state index in [1.54, 1.807) is 18.3 Å². The first kappa shape index (κ1) is 15.0. The van der Waals surface area contributed by atoms with E-state index in [9.17, 15) is 9.18 Å². The second-order valence-electron chi connectivity index (χ2n) is 4.79. The van der Waals surface area contributed by atoms with Crippen LogP contribution in [0.25, 0.3) is 0 Å². The summed E-state index contributed by atoms with van der Waals surface area (Å²) in [6.45, 7) is 3.74. The summed E-state index contributed by atoms with van der Waals surface area (Å²) in [4.78, 5) is 16.6. The minimum Gasteiger partial charge on any atom is -0.484 e. The molecule has 0 saturated heterocycles. The maximum atomic E-state index is 12.8. The van der Waals surface area contributed by atoms with E-state index in [4.69, 9.17) is 4.74 Å². The third kappa shape index (κ3) is 4.27. The van der Waals surface area contributed by atoms with Crippen LogP contribution in [0.3, 0.4) is 0 Å². The van der Waals surface area contributed by atoms with Gasteiger partial charge in [-0.25, -0.2) is 4.39 Å². The van der Waals surface area contributed by atoms with Gasteiger partial charge in [0.1, 0.15) is 17.1 Å². The predicted molar refractivity (Wildman–Crippen MR) is 77.7 cm³/mol. The van der Waals surface area contributed by atoms with Crippen LogP contribution in [-0.2, 0) is 0 Å². The zero-order chi connectivity index (χ0) is 15.2. The van der Waals surface area contributed by atoms with Crippen molar-refractivity contribution in [2.75, 3.05) is 6.61 Å². The third-order valence-electron chi connectivity index (χ3n) is 2.67. The molecular formula is C16H17FN2O2. The molecule has 1 aromatic heterocycles. The van der Waals surface area contributed by atoms with Crippen molar-refractivity contribution in [2.24, 2.45) is 4.99 Å². The smallest absolute Gasteiger partial charge is 0.270 e. The number of hydrogen-bond donors (Lipinski definition) is 0. The van der Waals surface area contributed by atoms with Crippen molar-refractivity contribution < 1.29 is 13.9 Å². The Balaban J connectivity index is 2.12. The Morgan fingerprint density at radius 1 is 1.24 bits per heavy atom. The first-order valence-corrected chi connectivity index (χ1v) is 6.69. The minimum atomic E-state index is -0.343. The topological polar surface area (TPSA) is 43.6 Å². The Labute approximate surface area is 122 Å². The number of carbonyl (C=O) groups excluding carboxylic acids is 1. The van der Waals surface area contributed by atoms with Gasteiger partial charge in [-0.1, -0.05) is 6.07 Å². The quantitative estimate of drug-likeness (QED) is 0.868. The molecule has 0 aliphatic heterocycles. The largest absolute Gasteiger partial charge is 0.484 e. The number of hydrogen-bond acceptors (Lipinski definition) is 3.